The summed E-state index contributed by atoms with van der Waals surface area (Å²) >= 11 is 0. The van der Waals surface area contributed by atoms with E-state index in [-0.39, 0.29) is 18.0 Å². The molecule has 1 aliphatic carbocycles. The normalized spacial score (nSPS) is 16.5. The lowest BCUT2D eigenvalue weighted by Crippen LogP contribution is -2.55. The van der Waals surface area contributed by atoms with Gasteiger partial charge in [0.15, 0.2) is 0 Å². The van der Waals surface area contributed by atoms with Gasteiger partial charge in [0.1, 0.15) is 0 Å². The first-order chi connectivity index (χ1) is 9.08. The number of carboxylic acid groups (broad SMARTS) is 1. The molecule has 5 heteroatoms. The van der Waals surface area contributed by atoms with Crippen LogP contribution in [0.1, 0.15) is 64.7 Å². The van der Waals surface area contributed by atoms with Crippen LogP contribution in [0.4, 0.5) is 4.79 Å². The summed E-state index contributed by atoms with van der Waals surface area (Å²) < 4.78 is 0. The molecule has 3 N–H and O–H groups in total. The molecule has 110 valence electrons. The molecule has 0 aliphatic heterocycles. The molecule has 0 atom stereocenters. The minimum Gasteiger partial charge on any atom is -0.481 e. The molecule has 2 amide bonds. The van der Waals surface area contributed by atoms with Gasteiger partial charge in [-0.05, 0) is 38.5 Å². The topological polar surface area (TPSA) is 78.4 Å². The predicted octanol–water partition coefficient (Wildman–Crippen LogP) is 2.65. The summed E-state index contributed by atoms with van der Waals surface area (Å²) in [5, 5.41) is 14.4. The highest BCUT2D eigenvalue weighted by Gasteiger charge is 2.36. The Kier molecular flexibility index (Phi) is 6.67. The molecule has 0 heterocycles. The van der Waals surface area contributed by atoms with Crippen molar-refractivity contribution in [1.29, 1.82) is 0 Å². The zero-order chi connectivity index (χ0) is 14.1. The molecule has 0 saturated heterocycles. The Balaban J connectivity index is 1.97. The number of aliphatic carboxylic acids is 1. The second-order valence-corrected chi connectivity index (χ2v) is 5.43. The van der Waals surface area contributed by atoms with Gasteiger partial charge in [-0.2, -0.15) is 0 Å². The molecular weight excluding hydrogens is 244 g/mol. The number of hydrogen-bond acceptors (Lipinski definition) is 2. The van der Waals surface area contributed by atoms with Crippen LogP contribution >= 0.6 is 0 Å². The second-order valence-electron chi connectivity index (χ2n) is 5.43. The van der Waals surface area contributed by atoms with Crippen molar-refractivity contribution >= 4 is 12.0 Å². The maximum absolute atomic E-state index is 11.7. The summed E-state index contributed by atoms with van der Waals surface area (Å²) in [5.41, 5.74) is 0.0472. The molecule has 0 aromatic heterocycles. The summed E-state index contributed by atoms with van der Waals surface area (Å²) in [5.74, 6) is -0.733. The van der Waals surface area contributed by atoms with E-state index in [0.29, 0.717) is 6.54 Å². The monoisotopic (exact) mass is 270 g/mol. The number of carbonyl (C=O) groups excluding carboxylic acids is 1. The first kappa shape index (κ1) is 15.8. The van der Waals surface area contributed by atoms with Crippen LogP contribution in [0, 0.1) is 0 Å². The zero-order valence-electron chi connectivity index (χ0n) is 11.8. The average molecular weight is 270 g/mol. The Labute approximate surface area is 115 Å². The Bertz CT molecular complexity index is 296. The van der Waals surface area contributed by atoms with Crippen LogP contribution in [0.15, 0.2) is 0 Å². The van der Waals surface area contributed by atoms with Gasteiger partial charge in [0.05, 0.1) is 0 Å². The summed E-state index contributed by atoms with van der Waals surface area (Å²) in [7, 11) is 0. The van der Waals surface area contributed by atoms with E-state index in [1.165, 1.54) is 6.42 Å². The van der Waals surface area contributed by atoms with Gasteiger partial charge >= 0.3 is 12.0 Å². The third kappa shape index (κ3) is 5.94. The lowest BCUT2D eigenvalue weighted by Gasteiger charge is -2.41. The Hall–Kier alpha value is -1.26. The fourth-order valence-corrected chi connectivity index (χ4v) is 2.41. The second kappa shape index (κ2) is 8.02. The third-order valence-electron chi connectivity index (χ3n) is 3.97. The smallest absolute Gasteiger partial charge is 0.315 e. The minimum atomic E-state index is -0.733. The maximum atomic E-state index is 11.7. The highest BCUT2D eigenvalue weighted by atomic mass is 16.4. The van der Waals surface area contributed by atoms with Crippen LogP contribution in [-0.2, 0) is 4.79 Å². The molecule has 1 saturated carbocycles. The van der Waals surface area contributed by atoms with Crippen molar-refractivity contribution in [3.8, 4) is 0 Å². The fourth-order valence-electron chi connectivity index (χ4n) is 2.41. The van der Waals surface area contributed by atoms with Gasteiger partial charge in [0, 0.05) is 18.5 Å². The van der Waals surface area contributed by atoms with Crippen LogP contribution in [0.5, 0.6) is 0 Å². The molecule has 0 radical (unpaired) electrons. The van der Waals surface area contributed by atoms with E-state index < -0.39 is 5.97 Å². The highest BCUT2D eigenvalue weighted by Crippen LogP contribution is 2.34. The van der Waals surface area contributed by atoms with Crippen LogP contribution in [0.2, 0.25) is 0 Å². The van der Waals surface area contributed by atoms with Gasteiger partial charge in [0.2, 0.25) is 0 Å². The first-order valence-corrected chi connectivity index (χ1v) is 7.36. The number of urea groups is 1. The van der Waals surface area contributed by atoms with E-state index >= 15 is 0 Å². The molecule has 0 bridgehead atoms. The van der Waals surface area contributed by atoms with Gasteiger partial charge < -0.3 is 15.7 Å². The lowest BCUT2D eigenvalue weighted by atomic mass is 9.75. The predicted molar refractivity (Wildman–Crippen MR) is 74.1 cm³/mol. The quantitative estimate of drug-likeness (QED) is 0.564. The number of rotatable bonds is 9. The zero-order valence-corrected chi connectivity index (χ0v) is 11.8. The van der Waals surface area contributed by atoms with Crippen LogP contribution in [-0.4, -0.2) is 29.2 Å². The lowest BCUT2D eigenvalue weighted by molar-refractivity contribution is -0.137. The fraction of sp³-hybridized carbons (Fsp3) is 0.857. The summed E-state index contributed by atoms with van der Waals surface area (Å²) in [4.78, 5) is 22.0. The third-order valence-corrected chi connectivity index (χ3v) is 3.97. The van der Waals surface area contributed by atoms with E-state index in [4.69, 9.17) is 5.11 Å². The molecule has 0 aromatic rings. The highest BCUT2D eigenvalue weighted by molar-refractivity contribution is 5.74. The Morgan fingerprint density at radius 3 is 2.37 bits per heavy atom. The number of amides is 2. The average Bonchev–Trinajstić information content (AvgIpc) is 2.32. The van der Waals surface area contributed by atoms with E-state index in [1.807, 2.05) is 0 Å². The number of nitrogens with one attached hydrogen (secondary N) is 2. The minimum absolute atomic E-state index is 0.0472. The summed E-state index contributed by atoms with van der Waals surface area (Å²) in [6, 6.07) is -0.0629. The Morgan fingerprint density at radius 2 is 1.84 bits per heavy atom. The van der Waals surface area contributed by atoms with E-state index in [2.05, 4.69) is 17.6 Å². The van der Waals surface area contributed by atoms with Crippen molar-refractivity contribution in [2.75, 3.05) is 6.54 Å². The van der Waals surface area contributed by atoms with Gasteiger partial charge in [-0.15, -0.1) is 0 Å². The first-order valence-electron chi connectivity index (χ1n) is 7.36. The van der Waals surface area contributed by atoms with Gasteiger partial charge in [-0.3, -0.25) is 4.79 Å². The van der Waals surface area contributed by atoms with Crippen LogP contribution < -0.4 is 10.6 Å². The van der Waals surface area contributed by atoms with Gasteiger partial charge in [-0.1, -0.05) is 19.8 Å². The number of hydrogen-bond donors (Lipinski definition) is 3. The van der Waals surface area contributed by atoms with Gasteiger partial charge in [0.25, 0.3) is 0 Å². The largest absolute Gasteiger partial charge is 0.481 e. The van der Waals surface area contributed by atoms with Crippen molar-refractivity contribution in [1.82, 2.24) is 10.6 Å². The molecule has 1 fully saturated rings. The van der Waals surface area contributed by atoms with Crippen molar-refractivity contribution in [2.24, 2.45) is 0 Å². The number of carbonyl (C=O) groups is 2. The van der Waals surface area contributed by atoms with Crippen LogP contribution in [0.25, 0.3) is 0 Å². The van der Waals surface area contributed by atoms with E-state index in [9.17, 15) is 9.59 Å². The van der Waals surface area contributed by atoms with E-state index in [0.717, 1.165) is 44.9 Å². The number of carboxylic acids is 1. The molecule has 1 aliphatic rings. The van der Waals surface area contributed by atoms with Crippen molar-refractivity contribution in [3.05, 3.63) is 0 Å². The molecule has 1 rings (SSSR count). The summed E-state index contributed by atoms with van der Waals surface area (Å²) in [6.07, 6.45) is 8.13. The van der Waals surface area contributed by atoms with Crippen molar-refractivity contribution in [3.63, 3.8) is 0 Å². The summed E-state index contributed by atoms with van der Waals surface area (Å²) in [6.45, 7) is 2.78. The molecular formula is C14H26N2O3. The van der Waals surface area contributed by atoms with Crippen molar-refractivity contribution in [2.45, 2.75) is 70.3 Å². The number of unbranched alkanes of at least 4 members (excludes halogenated alkanes) is 3. The van der Waals surface area contributed by atoms with E-state index in [1.54, 1.807) is 0 Å². The van der Waals surface area contributed by atoms with Crippen LogP contribution in [0.3, 0.4) is 0 Å². The molecule has 0 spiro atoms. The van der Waals surface area contributed by atoms with Crippen molar-refractivity contribution < 1.29 is 14.7 Å². The standard InChI is InChI=1S/C14H26N2O3/c1-2-14(9-7-10-14)16-13(19)15-11-6-4-3-5-8-12(17)18/h2-11H2,1H3,(H,17,18)(H2,15,16,19). The SMILES string of the molecule is CCC1(NC(=O)NCCCCCCC(=O)O)CCC1. The molecule has 19 heavy (non-hydrogen) atoms. The molecule has 0 aromatic carbocycles. The molecule has 5 nitrogen and oxygen atoms in total. The van der Waals surface area contributed by atoms with Gasteiger partial charge in [-0.25, -0.2) is 4.79 Å². The molecule has 0 unspecified atom stereocenters. The Morgan fingerprint density at radius 1 is 1.16 bits per heavy atom. The maximum Gasteiger partial charge on any atom is 0.315 e.